The molecule has 3 nitrogen and oxygen atoms in total. The van der Waals surface area contributed by atoms with Gasteiger partial charge in [-0.1, -0.05) is 29.8 Å². The summed E-state index contributed by atoms with van der Waals surface area (Å²) in [5.74, 6) is -0.675. The number of amides is 1. The lowest BCUT2D eigenvalue weighted by Crippen LogP contribution is -2.58. The number of alkyl halides is 1. The van der Waals surface area contributed by atoms with Gasteiger partial charge in [0.25, 0.3) is 12.2 Å². The molecule has 1 aromatic carbocycles. The molecule has 2 atom stereocenters. The highest BCUT2D eigenvalue weighted by atomic mass is 35.5. The number of carbonyl (C=O) groups excluding carboxylic acids is 1. The zero-order valence-electron chi connectivity index (χ0n) is 10.3. The number of fused-ring (bicyclic) bond motifs is 1. The van der Waals surface area contributed by atoms with E-state index in [9.17, 15) is 9.18 Å². The molecule has 0 spiro atoms. The molecule has 0 saturated heterocycles. The van der Waals surface area contributed by atoms with Gasteiger partial charge in [0.15, 0.2) is 0 Å². The molecule has 5 heteroatoms. The highest BCUT2D eigenvalue weighted by Crippen LogP contribution is 2.40. The predicted octanol–water partition coefficient (Wildman–Crippen LogP) is 2.98. The first-order valence-corrected chi connectivity index (χ1v) is 6.79. The summed E-state index contributed by atoms with van der Waals surface area (Å²) in [6.07, 6.45) is 1.55. The van der Waals surface area contributed by atoms with Crippen LogP contribution in [0.3, 0.4) is 0 Å². The summed E-state index contributed by atoms with van der Waals surface area (Å²) in [6.45, 7) is 0. The first-order chi connectivity index (χ1) is 9.13. The first-order valence-electron chi connectivity index (χ1n) is 6.42. The number of nitrogens with one attached hydrogen (secondary N) is 1. The Morgan fingerprint density at radius 3 is 2.95 bits per heavy atom. The van der Waals surface area contributed by atoms with Crippen LogP contribution in [0.4, 0.5) is 4.39 Å². The molecule has 19 heavy (non-hydrogen) atoms. The SMILES string of the molecule is O=C1NC2(c3ccccc3Cl)CCCCC2=NC1F. The number of nitrogens with zero attached hydrogens (tertiary/aromatic N) is 1. The standard InChI is InChI=1S/C14H14ClFN2O/c15-10-6-2-1-5-9(10)14-8-4-3-7-11(14)17-12(16)13(19)18-14/h1-2,5-6,12H,3-4,7-8H2,(H,18,19). The van der Waals surface area contributed by atoms with Gasteiger partial charge in [0.1, 0.15) is 5.54 Å². The molecule has 2 unspecified atom stereocenters. The quantitative estimate of drug-likeness (QED) is 0.790. The smallest absolute Gasteiger partial charge is 0.278 e. The number of benzene rings is 1. The fourth-order valence-electron chi connectivity index (χ4n) is 2.98. The van der Waals surface area contributed by atoms with Crippen LogP contribution in [0.15, 0.2) is 29.3 Å². The topological polar surface area (TPSA) is 41.5 Å². The highest BCUT2D eigenvalue weighted by Gasteiger charge is 2.46. The molecule has 0 bridgehead atoms. The maximum atomic E-state index is 13.5. The third-order valence-corrected chi connectivity index (χ3v) is 4.19. The van der Waals surface area contributed by atoms with E-state index in [-0.39, 0.29) is 0 Å². The van der Waals surface area contributed by atoms with Crippen LogP contribution in [0, 0.1) is 0 Å². The van der Waals surface area contributed by atoms with E-state index >= 15 is 0 Å². The van der Waals surface area contributed by atoms with E-state index in [0.717, 1.165) is 18.4 Å². The average molecular weight is 281 g/mol. The molecule has 100 valence electrons. The van der Waals surface area contributed by atoms with Gasteiger partial charge in [0.2, 0.25) is 0 Å². The fourth-order valence-corrected chi connectivity index (χ4v) is 3.28. The molecular weight excluding hydrogens is 267 g/mol. The van der Waals surface area contributed by atoms with Crippen molar-refractivity contribution in [3.63, 3.8) is 0 Å². The van der Waals surface area contributed by atoms with Gasteiger partial charge >= 0.3 is 0 Å². The van der Waals surface area contributed by atoms with E-state index in [2.05, 4.69) is 10.3 Å². The minimum Gasteiger partial charge on any atom is -0.337 e. The van der Waals surface area contributed by atoms with Crippen molar-refractivity contribution in [2.45, 2.75) is 37.5 Å². The molecular formula is C14H14ClFN2O. The summed E-state index contributed by atoms with van der Waals surface area (Å²) in [4.78, 5) is 15.7. The monoisotopic (exact) mass is 280 g/mol. The van der Waals surface area contributed by atoms with E-state index in [0.29, 0.717) is 23.6 Å². The Morgan fingerprint density at radius 2 is 2.16 bits per heavy atom. The van der Waals surface area contributed by atoms with Gasteiger partial charge < -0.3 is 5.32 Å². The van der Waals surface area contributed by atoms with Crippen LogP contribution < -0.4 is 5.32 Å². The Labute approximate surface area is 115 Å². The van der Waals surface area contributed by atoms with Crippen LogP contribution in [0.2, 0.25) is 5.02 Å². The van der Waals surface area contributed by atoms with Crippen molar-refractivity contribution in [1.82, 2.24) is 5.32 Å². The van der Waals surface area contributed by atoms with Crippen LogP contribution >= 0.6 is 11.6 Å². The van der Waals surface area contributed by atoms with Crippen molar-refractivity contribution >= 4 is 23.2 Å². The Morgan fingerprint density at radius 1 is 1.37 bits per heavy atom. The summed E-state index contributed by atoms with van der Waals surface area (Å²) in [7, 11) is 0. The second kappa shape index (κ2) is 4.60. The average Bonchev–Trinajstić information content (AvgIpc) is 2.40. The second-order valence-corrected chi connectivity index (χ2v) is 5.40. The summed E-state index contributed by atoms with van der Waals surface area (Å²) >= 11 is 6.26. The van der Waals surface area contributed by atoms with E-state index in [4.69, 9.17) is 11.6 Å². The number of carbonyl (C=O) groups is 1. The Hall–Kier alpha value is -1.42. The lowest BCUT2D eigenvalue weighted by Gasteiger charge is -2.43. The van der Waals surface area contributed by atoms with E-state index in [1.807, 2.05) is 18.2 Å². The molecule has 2 aliphatic rings. The molecule has 1 fully saturated rings. The van der Waals surface area contributed by atoms with Crippen molar-refractivity contribution in [3.8, 4) is 0 Å². The number of aliphatic imine (C=N–C) groups is 1. The van der Waals surface area contributed by atoms with Crippen LogP contribution in [0.5, 0.6) is 0 Å². The van der Waals surface area contributed by atoms with Gasteiger partial charge in [0, 0.05) is 16.3 Å². The first kappa shape index (κ1) is 12.6. The molecule has 1 amide bonds. The van der Waals surface area contributed by atoms with Gasteiger partial charge in [0.05, 0.1) is 0 Å². The van der Waals surface area contributed by atoms with Crippen molar-refractivity contribution in [1.29, 1.82) is 0 Å². The van der Waals surface area contributed by atoms with E-state index in [1.165, 1.54) is 0 Å². The number of hydrogen-bond acceptors (Lipinski definition) is 2. The minimum atomic E-state index is -1.79. The molecule has 1 heterocycles. The van der Waals surface area contributed by atoms with E-state index in [1.54, 1.807) is 6.07 Å². The number of hydrogen-bond donors (Lipinski definition) is 1. The summed E-state index contributed by atoms with van der Waals surface area (Å²) in [5.41, 5.74) is 0.810. The predicted molar refractivity (Wildman–Crippen MR) is 72.1 cm³/mol. The summed E-state index contributed by atoms with van der Waals surface area (Å²) in [6, 6.07) is 7.37. The van der Waals surface area contributed by atoms with Crippen LogP contribution in [-0.4, -0.2) is 17.9 Å². The molecule has 1 aliphatic carbocycles. The molecule has 3 rings (SSSR count). The third-order valence-electron chi connectivity index (χ3n) is 3.86. The summed E-state index contributed by atoms with van der Waals surface area (Å²) in [5, 5.41) is 3.39. The Balaban J connectivity index is 2.16. The Kier molecular flexibility index (Phi) is 3.05. The molecule has 1 N–H and O–H groups in total. The third kappa shape index (κ3) is 1.94. The largest absolute Gasteiger partial charge is 0.337 e. The maximum absolute atomic E-state index is 13.5. The van der Waals surface area contributed by atoms with Crippen molar-refractivity contribution in [2.75, 3.05) is 0 Å². The van der Waals surface area contributed by atoms with E-state index < -0.39 is 17.7 Å². The maximum Gasteiger partial charge on any atom is 0.278 e. The Bertz CT molecular complexity index is 560. The van der Waals surface area contributed by atoms with Gasteiger partial charge in [-0.05, 0) is 31.7 Å². The normalized spacial score (nSPS) is 30.3. The molecule has 1 saturated carbocycles. The lowest BCUT2D eigenvalue weighted by molar-refractivity contribution is -0.128. The van der Waals surface area contributed by atoms with Gasteiger partial charge in [-0.15, -0.1) is 0 Å². The zero-order valence-corrected chi connectivity index (χ0v) is 11.1. The molecule has 0 radical (unpaired) electrons. The van der Waals surface area contributed by atoms with Crippen LogP contribution in [0.1, 0.15) is 31.2 Å². The van der Waals surface area contributed by atoms with Crippen LogP contribution in [-0.2, 0) is 10.3 Å². The highest BCUT2D eigenvalue weighted by molar-refractivity contribution is 6.32. The minimum absolute atomic E-state index is 0.578. The van der Waals surface area contributed by atoms with Gasteiger partial charge in [-0.25, -0.2) is 9.38 Å². The summed E-state index contributed by atoms with van der Waals surface area (Å²) < 4.78 is 13.5. The number of halogens is 2. The number of rotatable bonds is 1. The molecule has 0 aromatic heterocycles. The van der Waals surface area contributed by atoms with Gasteiger partial charge in [-0.2, -0.15) is 0 Å². The zero-order chi connectivity index (χ0) is 13.5. The molecule has 1 aliphatic heterocycles. The van der Waals surface area contributed by atoms with Crippen LogP contribution in [0.25, 0.3) is 0 Å². The van der Waals surface area contributed by atoms with Crippen molar-refractivity contribution < 1.29 is 9.18 Å². The fraction of sp³-hybridized carbons (Fsp3) is 0.429. The van der Waals surface area contributed by atoms with Crippen molar-refractivity contribution in [2.24, 2.45) is 4.99 Å². The molecule has 1 aromatic rings. The van der Waals surface area contributed by atoms with Crippen molar-refractivity contribution in [3.05, 3.63) is 34.9 Å². The lowest BCUT2D eigenvalue weighted by atomic mass is 9.74. The van der Waals surface area contributed by atoms with Gasteiger partial charge in [-0.3, -0.25) is 4.79 Å². The second-order valence-electron chi connectivity index (χ2n) is 4.99.